The molecule has 3 nitrogen and oxygen atoms in total. The second kappa shape index (κ2) is 7.16. The summed E-state index contributed by atoms with van der Waals surface area (Å²) >= 11 is 0. The van der Waals surface area contributed by atoms with Crippen molar-refractivity contribution in [3.05, 3.63) is 35.1 Å². The molecule has 1 aliphatic rings. The van der Waals surface area contributed by atoms with Crippen LogP contribution in [0.2, 0.25) is 0 Å². The van der Waals surface area contributed by atoms with Crippen LogP contribution in [0, 0.1) is 12.7 Å². The van der Waals surface area contributed by atoms with Crippen LogP contribution in [0.15, 0.2) is 18.2 Å². The third kappa shape index (κ3) is 3.78. The third-order valence-corrected chi connectivity index (χ3v) is 3.85. The Morgan fingerprint density at radius 3 is 2.95 bits per heavy atom. The predicted octanol–water partition coefficient (Wildman–Crippen LogP) is 2.51. The first kappa shape index (κ1) is 15.4. The number of hydrogen-bond donors (Lipinski definition) is 1. The lowest BCUT2D eigenvalue weighted by Gasteiger charge is -2.36. The van der Waals surface area contributed by atoms with Crippen molar-refractivity contribution in [3.63, 3.8) is 0 Å². The van der Waals surface area contributed by atoms with Gasteiger partial charge in [0, 0.05) is 13.1 Å². The molecule has 0 amide bonds. The summed E-state index contributed by atoms with van der Waals surface area (Å²) < 4.78 is 19.3. The Kier molecular flexibility index (Phi) is 5.52. The monoisotopic (exact) mass is 280 g/mol. The van der Waals surface area contributed by atoms with Crippen LogP contribution < -0.4 is 5.32 Å². The molecule has 1 aromatic rings. The van der Waals surface area contributed by atoms with Gasteiger partial charge < -0.3 is 15.0 Å². The molecular formula is C16H25FN2O. The zero-order chi connectivity index (χ0) is 14.5. The highest BCUT2D eigenvalue weighted by atomic mass is 19.1. The first-order valence-electron chi connectivity index (χ1n) is 7.41. The van der Waals surface area contributed by atoms with Gasteiger partial charge in [-0.05, 0) is 50.2 Å². The molecule has 4 heteroatoms. The number of halogens is 1. The van der Waals surface area contributed by atoms with Gasteiger partial charge in [-0.3, -0.25) is 0 Å². The van der Waals surface area contributed by atoms with Crippen molar-refractivity contribution < 1.29 is 9.13 Å². The largest absolute Gasteiger partial charge is 0.374 e. The van der Waals surface area contributed by atoms with Gasteiger partial charge in [0.15, 0.2) is 0 Å². The quantitative estimate of drug-likeness (QED) is 0.897. The number of benzene rings is 1. The molecule has 1 heterocycles. The van der Waals surface area contributed by atoms with Crippen LogP contribution in [0.3, 0.4) is 0 Å². The molecule has 1 fully saturated rings. The Balaban J connectivity index is 2.21. The summed E-state index contributed by atoms with van der Waals surface area (Å²) in [5.74, 6) is -0.179. The maximum Gasteiger partial charge on any atom is 0.123 e. The fraction of sp³-hybridized carbons (Fsp3) is 0.625. The van der Waals surface area contributed by atoms with Gasteiger partial charge in [0.05, 0.1) is 18.8 Å². The van der Waals surface area contributed by atoms with Crippen LogP contribution >= 0.6 is 0 Å². The van der Waals surface area contributed by atoms with E-state index in [1.54, 1.807) is 6.07 Å². The minimum Gasteiger partial charge on any atom is -0.374 e. The van der Waals surface area contributed by atoms with Crippen LogP contribution in [-0.4, -0.2) is 44.3 Å². The van der Waals surface area contributed by atoms with Gasteiger partial charge in [0.1, 0.15) is 5.82 Å². The smallest absolute Gasteiger partial charge is 0.123 e. The number of nitrogens with one attached hydrogen (secondary N) is 1. The van der Waals surface area contributed by atoms with Gasteiger partial charge in [-0.25, -0.2) is 4.39 Å². The Morgan fingerprint density at radius 2 is 2.30 bits per heavy atom. The zero-order valence-corrected chi connectivity index (χ0v) is 12.7. The molecule has 2 atom stereocenters. The van der Waals surface area contributed by atoms with Gasteiger partial charge in [-0.15, -0.1) is 0 Å². The van der Waals surface area contributed by atoms with Gasteiger partial charge in [0.25, 0.3) is 0 Å². The van der Waals surface area contributed by atoms with E-state index in [2.05, 4.69) is 24.2 Å². The van der Waals surface area contributed by atoms with E-state index >= 15 is 0 Å². The second-order valence-corrected chi connectivity index (χ2v) is 5.60. The summed E-state index contributed by atoms with van der Waals surface area (Å²) in [6, 6.07) is 5.15. The minimum atomic E-state index is -0.179. The molecule has 0 aromatic heterocycles. The van der Waals surface area contributed by atoms with Gasteiger partial charge in [-0.2, -0.15) is 0 Å². The van der Waals surface area contributed by atoms with Crippen molar-refractivity contribution in [2.45, 2.75) is 32.4 Å². The molecule has 2 unspecified atom stereocenters. The van der Waals surface area contributed by atoms with Crippen molar-refractivity contribution in [2.24, 2.45) is 0 Å². The van der Waals surface area contributed by atoms with E-state index in [0.717, 1.165) is 43.8 Å². The van der Waals surface area contributed by atoms with E-state index in [1.807, 2.05) is 13.0 Å². The van der Waals surface area contributed by atoms with Crippen molar-refractivity contribution in [2.75, 3.05) is 33.3 Å². The summed E-state index contributed by atoms with van der Waals surface area (Å²) in [7, 11) is 2.11. The Morgan fingerprint density at radius 1 is 1.50 bits per heavy atom. The highest BCUT2D eigenvalue weighted by Crippen LogP contribution is 2.25. The molecule has 0 aliphatic carbocycles. The van der Waals surface area contributed by atoms with Crippen molar-refractivity contribution in [3.8, 4) is 0 Å². The van der Waals surface area contributed by atoms with E-state index in [-0.39, 0.29) is 18.0 Å². The van der Waals surface area contributed by atoms with Crippen LogP contribution in [0.4, 0.5) is 4.39 Å². The van der Waals surface area contributed by atoms with Gasteiger partial charge >= 0.3 is 0 Å². The molecular weight excluding hydrogens is 255 g/mol. The Bertz CT molecular complexity index is 438. The Hall–Kier alpha value is -0.970. The lowest BCUT2D eigenvalue weighted by Crippen LogP contribution is -2.47. The average Bonchev–Trinajstić information content (AvgIpc) is 2.41. The number of nitrogens with zero attached hydrogens (tertiary/aromatic N) is 1. The standard InChI is InChI=1S/C16H25FN2O/c1-4-7-18-16(15-11-19(3)8-9-20-15)14-6-5-13(17)10-12(14)2/h5-6,10,15-16,18H,4,7-9,11H2,1-3H3. The maximum atomic E-state index is 13.3. The number of morpholine rings is 1. The number of aryl methyl sites for hydroxylation is 1. The van der Waals surface area contributed by atoms with E-state index < -0.39 is 0 Å². The van der Waals surface area contributed by atoms with Crippen molar-refractivity contribution >= 4 is 0 Å². The molecule has 0 spiro atoms. The minimum absolute atomic E-state index is 0.115. The molecule has 1 N–H and O–H groups in total. The average molecular weight is 280 g/mol. The van der Waals surface area contributed by atoms with Gasteiger partial charge in [0.2, 0.25) is 0 Å². The summed E-state index contributed by atoms with van der Waals surface area (Å²) in [5.41, 5.74) is 2.12. The predicted molar refractivity (Wildman–Crippen MR) is 79.4 cm³/mol. The fourth-order valence-electron chi connectivity index (χ4n) is 2.74. The Labute approximate surface area is 121 Å². The van der Waals surface area contributed by atoms with Crippen molar-refractivity contribution in [1.29, 1.82) is 0 Å². The summed E-state index contributed by atoms with van der Waals surface area (Å²) in [5, 5.41) is 3.56. The zero-order valence-electron chi connectivity index (χ0n) is 12.7. The van der Waals surface area contributed by atoms with Crippen molar-refractivity contribution in [1.82, 2.24) is 10.2 Å². The summed E-state index contributed by atoms with van der Waals surface area (Å²) in [4.78, 5) is 2.29. The van der Waals surface area contributed by atoms with Crippen LogP contribution in [-0.2, 0) is 4.74 Å². The van der Waals surface area contributed by atoms with Crippen LogP contribution in [0.1, 0.15) is 30.5 Å². The molecule has 0 radical (unpaired) electrons. The maximum absolute atomic E-state index is 13.3. The highest BCUT2D eigenvalue weighted by Gasteiger charge is 2.28. The summed E-state index contributed by atoms with van der Waals surface area (Å²) in [6.45, 7) is 7.68. The van der Waals surface area contributed by atoms with E-state index in [0.29, 0.717) is 0 Å². The van der Waals surface area contributed by atoms with Crippen LogP contribution in [0.5, 0.6) is 0 Å². The SMILES string of the molecule is CCCNC(c1ccc(F)cc1C)C1CN(C)CCO1. The normalized spacial score (nSPS) is 21.9. The molecule has 1 aliphatic heterocycles. The first-order chi connectivity index (χ1) is 9.61. The van der Waals surface area contributed by atoms with E-state index in [1.165, 1.54) is 6.07 Å². The number of rotatable bonds is 5. The van der Waals surface area contributed by atoms with Crippen LogP contribution in [0.25, 0.3) is 0 Å². The highest BCUT2D eigenvalue weighted by molar-refractivity contribution is 5.30. The van der Waals surface area contributed by atoms with E-state index in [4.69, 9.17) is 4.74 Å². The molecule has 112 valence electrons. The molecule has 2 rings (SSSR count). The number of likely N-dealkylation sites (N-methyl/N-ethyl adjacent to an activating group) is 1. The number of ether oxygens (including phenoxy) is 1. The van der Waals surface area contributed by atoms with Gasteiger partial charge in [-0.1, -0.05) is 13.0 Å². The summed E-state index contributed by atoms with van der Waals surface area (Å²) in [6.07, 6.45) is 1.18. The molecule has 0 bridgehead atoms. The lowest BCUT2D eigenvalue weighted by molar-refractivity contribution is -0.0393. The third-order valence-electron chi connectivity index (χ3n) is 3.85. The first-order valence-corrected chi connectivity index (χ1v) is 7.41. The topological polar surface area (TPSA) is 24.5 Å². The molecule has 0 saturated carbocycles. The second-order valence-electron chi connectivity index (χ2n) is 5.60. The molecule has 1 aromatic carbocycles. The molecule has 20 heavy (non-hydrogen) atoms. The number of hydrogen-bond acceptors (Lipinski definition) is 3. The molecule has 1 saturated heterocycles. The fourth-order valence-corrected chi connectivity index (χ4v) is 2.74. The van der Waals surface area contributed by atoms with E-state index in [9.17, 15) is 4.39 Å². The lowest BCUT2D eigenvalue weighted by atomic mass is 9.95.